The Labute approximate surface area is 357 Å². The number of hydrogen-bond donors (Lipinski definition) is 0. The first kappa shape index (κ1) is 34.7. The molecule has 4 aliphatic carbocycles. The molecule has 9 aromatic rings. The molecule has 0 saturated carbocycles. The molecule has 0 aliphatic heterocycles. The predicted molar refractivity (Wildman–Crippen MR) is 253 cm³/mol. The van der Waals surface area contributed by atoms with E-state index < -0.39 is 0 Å². The number of benzene rings is 8. The minimum absolute atomic E-state index is 0.133. The predicted octanol–water partition coefficient (Wildman–Crippen LogP) is 14.7. The summed E-state index contributed by atoms with van der Waals surface area (Å²) in [4.78, 5) is 2.55. The van der Waals surface area contributed by atoms with Gasteiger partial charge in [0.25, 0.3) is 0 Å². The van der Waals surface area contributed by atoms with Crippen molar-refractivity contribution < 1.29 is 0 Å². The second-order valence-corrected chi connectivity index (χ2v) is 18.1. The summed E-state index contributed by atoms with van der Waals surface area (Å²) in [6.07, 6.45) is 7.58. The summed E-state index contributed by atoms with van der Waals surface area (Å²) in [5.74, 6) is 0.392. The van der Waals surface area contributed by atoms with Crippen molar-refractivity contribution in [2.45, 2.75) is 37.5 Å². The molecule has 13 rings (SSSR count). The monoisotopic (exact) mass is 780 g/mol. The van der Waals surface area contributed by atoms with Crippen molar-refractivity contribution in [2.24, 2.45) is 5.92 Å². The third-order valence-electron chi connectivity index (χ3n) is 14.7. The van der Waals surface area contributed by atoms with Crippen LogP contribution in [0.15, 0.2) is 206 Å². The highest BCUT2D eigenvalue weighted by Gasteiger charge is 2.57. The van der Waals surface area contributed by atoms with Gasteiger partial charge >= 0.3 is 0 Å². The van der Waals surface area contributed by atoms with E-state index in [4.69, 9.17) is 0 Å². The van der Waals surface area contributed by atoms with Crippen LogP contribution < -0.4 is 4.90 Å². The van der Waals surface area contributed by atoms with Crippen molar-refractivity contribution in [1.82, 2.24) is 4.57 Å². The zero-order valence-electron chi connectivity index (χ0n) is 34.6. The van der Waals surface area contributed by atoms with Gasteiger partial charge in [0.1, 0.15) is 0 Å². The summed E-state index contributed by atoms with van der Waals surface area (Å²) in [7, 11) is 0. The number of hydrogen-bond acceptors (Lipinski definition) is 1. The van der Waals surface area contributed by atoms with Crippen molar-refractivity contribution in [3.63, 3.8) is 0 Å². The van der Waals surface area contributed by atoms with E-state index >= 15 is 0 Å². The van der Waals surface area contributed by atoms with Crippen LogP contribution in [0.2, 0.25) is 0 Å². The van der Waals surface area contributed by atoms with Crippen molar-refractivity contribution >= 4 is 33.2 Å². The van der Waals surface area contributed by atoms with Gasteiger partial charge in [-0.3, -0.25) is 0 Å². The van der Waals surface area contributed by atoms with Crippen molar-refractivity contribution in [3.05, 3.63) is 245 Å². The van der Waals surface area contributed by atoms with Gasteiger partial charge in [0.15, 0.2) is 0 Å². The molecule has 0 fully saturated rings. The molecule has 2 atom stereocenters. The van der Waals surface area contributed by atoms with Crippen LogP contribution in [-0.4, -0.2) is 4.57 Å². The summed E-state index contributed by atoms with van der Waals surface area (Å²) in [6, 6.07) is 68.6. The van der Waals surface area contributed by atoms with Gasteiger partial charge in [0.05, 0.1) is 16.4 Å². The molecule has 0 N–H and O–H groups in total. The van der Waals surface area contributed by atoms with Crippen LogP contribution in [0.3, 0.4) is 0 Å². The van der Waals surface area contributed by atoms with Crippen LogP contribution in [0.25, 0.3) is 49.7 Å². The summed E-state index contributed by atoms with van der Waals surface area (Å²) >= 11 is 0. The number of aromatic nitrogens is 1. The Morgan fingerprint density at radius 2 is 1.10 bits per heavy atom. The topological polar surface area (TPSA) is 8.17 Å². The second-order valence-electron chi connectivity index (χ2n) is 18.1. The lowest BCUT2D eigenvalue weighted by atomic mass is 9.65. The Morgan fingerprint density at radius 1 is 0.492 bits per heavy atom. The van der Waals surface area contributed by atoms with Crippen LogP contribution in [0.1, 0.15) is 58.7 Å². The molecular weight excluding hydrogens is 737 g/mol. The first-order valence-corrected chi connectivity index (χ1v) is 21.8. The standard InChI is InChI=1S/C59H44N2/c1-37-25-29-46-47-31-27-40(35-55(47)59(54(46)33-37)51-22-12-8-18-43(51)44-19-9-13-23-52(44)59)60(39-26-30-45-42-17-7-11-21-50(42)58(2,3)53(45)34-39)41-28-32-49-48-20-10-14-24-56(48)61(57(49)36-41)38-15-5-4-6-16-38/h4-36,47,55H,1-3H3/t47?,55-/m1/s1. The molecule has 0 radical (unpaired) electrons. The van der Waals surface area contributed by atoms with E-state index in [1.54, 1.807) is 0 Å². The first-order valence-electron chi connectivity index (χ1n) is 21.8. The fourth-order valence-corrected chi connectivity index (χ4v) is 12.1. The van der Waals surface area contributed by atoms with Gasteiger partial charge in [0.2, 0.25) is 0 Å². The summed E-state index contributed by atoms with van der Waals surface area (Å²) in [6.45, 7) is 7.02. The molecular formula is C59H44N2. The summed E-state index contributed by atoms with van der Waals surface area (Å²) in [5, 5.41) is 2.51. The molecule has 0 bridgehead atoms. The molecule has 8 aromatic carbocycles. The van der Waals surface area contributed by atoms with Gasteiger partial charge in [0, 0.05) is 50.8 Å². The van der Waals surface area contributed by atoms with E-state index in [2.05, 4.69) is 230 Å². The SMILES string of the molecule is Cc1ccc2c(c1)C1(c3ccccc3-c3ccccc31)[C@@H]1C=C(N(c3ccc4c(c3)C(C)(C)c3ccccc3-4)c3ccc4c5ccccc5n(-c5ccccc5)c4c3)C=CC21. The maximum Gasteiger partial charge on any atom is 0.0561 e. The molecule has 61 heavy (non-hydrogen) atoms. The summed E-state index contributed by atoms with van der Waals surface area (Å²) < 4.78 is 2.44. The van der Waals surface area contributed by atoms with Crippen LogP contribution >= 0.6 is 0 Å². The van der Waals surface area contributed by atoms with E-state index in [1.807, 2.05) is 0 Å². The number of rotatable bonds is 4. The Hall–Kier alpha value is -7.16. The van der Waals surface area contributed by atoms with Crippen LogP contribution in [0.4, 0.5) is 11.4 Å². The number of fused-ring (bicyclic) bond motifs is 16. The summed E-state index contributed by atoms with van der Waals surface area (Å²) in [5.41, 5.74) is 21.8. The molecule has 1 unspecified atom stereocenters. The third-order valence-corrected chi connectivity index (χ3v) is 14.7. The van der Waals surface area contributed by atoms with Gasteiger partial charge in [-0.25, -0.2) is 0 Å². The lowest BCUT2D eigenvalue weighted by Crippen LogP contribution is -2.34. The maximum atomic E-state index is 2.64. The Bertz CT molecular complexity index is 3330. The van der Waals surface area contributed by atoms with E-state index in [1.165, 1.54) is 94.4 Å². The smallest absolute Gasteiger partial charge is 0.0561 e. The molecule has 1 aromatic heterocycles. The molecule has 290 valence electrons. The number of aryl methyl sites for hydroxylation is 1. The minimum Gasteiger partial charge on any atom is -0.311 e. The fraction of sp³-hybridized carbons (Fsp3) is 0.119. The minimum atomic E-state index is -0.327. The molecule has 0 amide bonds. The number of nitrogens with zero attached hydrogens (tertiary/aromatic N) is 2. The van der Waals surface area contributed by atoms with E-state index in [0.717, 1.165) is 11.4 Å². The average molecular weight is 781 g/mol. The molecule has 1 heterocycles. The van der Waals surface area contributed by atoms with Gasteiger partial charge in [-0.15, -0.1) is 0 Å². The molecule has 4 aliphatic rings. The van der Waals surface area contributed by atoms with Gasteiger partial charge < -0.3 is 9.47 Å². The van der Waals surface area contributed by atoms with Crippen molar-refractivity contribution in [3.8, 4) is 27.9 Å². The van der Waals surface area contributed by atoms with Crippen LogP contribution in [-0.2, 0) is 10.8 Å². The molecule has 2 heteroatoms. The van der Waals surface area contributed by atoms with Gasteiger partial charge in [-0.05, 0) is 111 Å². The Morgan fingerprint density at radius 3 is 1.87 bits per heavy atom. The number of para-hydroxylation sites is 2. The van der Waals surface area contributed by atoms with Crippen molar-refractivity contribution in [1.29, 1.82) is 0 Å². The van der Waals surface area contributed by atoms with E-state index in [-0.39, 0.29) is 22.7 Å². The van der Waals surface area contributed by atoms with Gasteiger partial charge in [-0.1, -0.05) is 171 Å². The zero-order chi connectivity index (χ0) is 40.6. The van der Waals surface area contributed by atoms with Gasteiger partial charge in [-0.2, -0.15) is 0 Å². The average Bonchev–Trinajstić information content (AvgIpc) is 3.96. The zero-order valence-corrected chi connectivity index (χ0v) is 34.6. The lowest BCUT2D eigenvalue weighted by molar-refractivity contribution is 0.462. The Kier molecular flexibility index (Phi) is 7.07. The fourth-order valence-electron chi connectivity index (χ4n) is 12.1. The van der Waals surface area contributed by atoms with Crippen LogP contribution in [0, 0.1) is 12.8 Å². The Balaban J connectivity index is 1.08. The van der Waals surface area contributed by atoms with Crippen molar-refractivity contribution in [2.75, 3.05) is 4.90 Å². The number of allylic oxidation sites excluding steroid dienone is 3. The maximum absolute atomic E-state index is 2.64. The highest BCUT2D eigenvalue weighted by Crippen LogP contribution is 2.66. The second kappa shape index (κ2) is 12.4. The molecule has 2 nitrogen and oxygen atoms in total. The molecule has 0 saturated heterocycles. The van der Waals surface area contributed by atoms with E-state index in [0.29, 0.717) is 0 Å². The lowest BCUT2D eigenvalue weighted by Gasteiger charge is -2.38. The quantitative estimate of drug-likeness (QED) is 0.173. The normalized spacial score (nSPS) is 18.0. The highest BCUT2D eigenvalue weighted by molar-refractivity contribution is 6.10. The first-order chi connectivity index (χ1) is 29.9. The third kappa shape index (κ3) is 4.57. The number of anilines is 2. The molecule has 1 spiro atoms. The highest BCUT2D eigenvalue weighted by atomic mass is 15.2. The largest absolute Gasteiger partial charge is 0.311 e. The van der Waals surface area contributed by atoms with Crippen LogP contribution in [0.5, 0.6) is 0 Å². The van der Waals surface area contributed by atoms with E-state index in [9.17, 15) is 0 Å².